The second kappa shape index (κ2) is 21.9. The standard InChI is InChI=1S/C17H31FO8/c1-2-17(19)26-16-15-25-14-13-24-12-11-23-10-9-22-8-7-21-6-5-20-4-3-18/h2H,1,3-16H2. The molecule has 0 saturated carbocycles. The van der Waals surface area contributed by atoms with Crippen molar-refractivity contribution in [3.05, 3.63) is 12.7 Å². The Morgan fingerprint density at radius 2 is 0.923 bits per heavy atom. The van der Waals surface area contributed by atoms with E-state index < -0.39 is 12.6 Å². The van der Waals surface area contributed by atoms with Gasteiger partial charge in [-0.25, -0.2) is 9.18 Å². The molecule has 154 valence electrons. The third kappa shape index (κ3) is 20.9. The number of carbonyl (C=O) groups is 1. The Morgan fingerprint density at radius 3 is 1.23 bits per heavy atom. The van der Waals surface area contributed by atoms with Crippen molar-refractivity contribution < 1.29 is 42.3 Å². The van der Waals surface area contributed by atoms with Crippen LogP contribution in [0.25, 0.3) is 0 Å². The van der Waals surface area contributed by atoms with E-state index in [4.69, 9.17) is 33.2 Å². The molecule has 9 heteroatoms. The van der Waals surface area contributed by atoms with Gasteiger partial charge in [0.2, 0.25) is 0 Å². The molecule has 0 aliphatic heterocycles. The quantitative estimate of drug-likeness (QED) is 0.164. The highest BCUT2D eigenvalue weighted by atomic mass is 19.1. The lowest BCUT2D eigenvalue weighted by Gasteiger charge is -2.08. The summed E-state index contributed by atoms with van der Waals surface area (Å²) >= 11 is 0. The fraction of sp³-hybridized carbons (Fsp3) is 0.824. The second-order valence-electron chi connectivity index (χ2n) is 4.73. The third-order valence-corrected chi connectivity index (χ3v) is 2.72. The zero-order chi connectivity index (χ0) is 19.1. The SMILES string of the molecule is C=CC(=O)OCCOCCOCCOCCOCCOCCOCCF. The van der Waals surface area contributed by atoms with E-state index in [2.05, 4.69) is 6.58 Å². The molecule has 0 bridgehead atoms. The molecule has 0 aromatic carbocycles. The molecule has 0 spiro atoms. The predicted octanol–water partition coefficient (Wildman–Crippen LogP) is 0.785. The van der Waals surface area contributed by atoms with Gasteiger partial charge >= 0.3 is 5.97 Å². The summed E-state index contributed by atoms with van der Waals surface area (Å²) in [6.07, 6.45) is 1.11. The van der Waals surface area contributed by atoms with Crippen molar-refractivity contribution >= 4 is 5.97 Å². The third-order valence-electron chi connectivity index (χ3n) is 2.72. The summed E-state index contributed by atoms with van der Waals surface area (Å²) in [4.78, 5) is 10.7. The number of ether oxygens (including phenoxy) is 7. The Kier molecular flexibility index (Phi) is 21.0. The highest BCUT2D eigenvalue weighted by Gasteiger charge is 1.96. The van der Waals surface area contributed by atoms with Gasteiger partial charge in [-0.2, -0.15) is 0 Å². The van der Waals surface area contributed by atoms with Gasteiger partial charge in [0.1, 0.15) is 13.3 Å². The summed E-state index contributed by atoms with van der Waals surface area (Å²) in [6, 6.07) is 0. The molecule has 0 aromatic rings. The first-order chi connectivity index (χ1) is 12.8. The number of halogens is 1. The van der Waals surface area contributed by atoms with Crippen molar-refractivity contribution in [1.29, 1.82) is 0 Å². The van der Waals surface area contributed by atoms with Gasteiger partial charge in [-0.15, -0.1) is 0 Å². The molecule has 0 aromatic heterocycles. The molecule has 8 nitrogen and oxygen atoms in total. The van der Waals surface area contributed by atoms with Crippen LogP contribution in [0, 0.1) is 0 Å². The van der Waals surface area contributed by atoms with E-state index in [-0.39, 0.29) is 13.2 Å². The van der Waals surface area contributed by atoms with Crippen LogP contribution >= 0.6 is 0 Å². The van der Waals surface area contributed by atoms with Crippen molar-refractivity contribution in [2.45, 2.75) is 0 Å². The lowest BCUT2D eigenvalue weighted by Crippen LogP contribution is -2.15. The van der Waals surface area contributed by atoms with Gasteiger partial charge in [0, 0.05) is 6.08 Å². The molecule has 0 heterocycles. The van der Waals surface area contributed by atoms with Gasteiger partial charge < -0.3 is 33.2 Å². The zero-order valence-electron chi connectivity index (χ0n) is 15.3. The highest BCUT2D eigenvalue weighted by Crippen LogP contribution is 1.85. The lowest BCUT2D eigenvalue weighted by molar-refractivity contribution is -0.139. The molecule has 0 fully saturated rings. The van der Waals surface area contributed by atoms with Crippen LogP contribution in [0.2, 0.25) is 0 Å². The highest BCUT2D eigenvalue weighted by molar-refractivity contribution is 5.81. The number of hydrogen-bond acceptors (Lipinski definition) is 8. The van der Waals surface area contributed by atoms with Crippen LogP contribution in [0.3, 0.4) is 0 Å². The maximum atomic E-state index is 11.7. The number of carbonyl (C=O) groups excluding carboxylic acids is 1. The Morgan fingerprint density at radius 1 is 0.615 bits per heavy atom. The Hall–Kier alpha value is -1.10. The van der Waals surface area contributed by atoms with Gasteiger partial charge in [-0.1, -0.05) is 6.58 Å². The summed E-state index contributed by atoms with van der Waals surface area (Å²) < 4.78 is 47.8. The van der Waals surface area contributed by atoms with Gasteiger partial charge in [0.05, 0.1) is 79.3 Å². The minimum atomic E-state index is -0.475. The van der Waals surface area contributed by atoms with E-state index in [0.29, 0.717) is 72.7 Å². The molecule has 26 heavy (non-hydrogen) atoms. The topological polar surface area (TPSA) is 81.7 Å². The second-order valence-corrected chi connectivity index (χ2v) is 4.73. The van der Waals surface area contributed by atoms with Crippen molar-refractivity contribution in [1.82, 2.24) is 0 Å². The molecule has 0 saturated heterocycles. The minimum Gasteiger partial charge on any atom is -0.460 e. The Balaban J connectivity index is 3.01. The van der Waals surface area contributed by atoms with E-state index >= 15 is 0 Å². The van der Waals surface area contributed by atoms with Crippen LogP contribution in [0.15, 0.2) is 12.7 Å². The van der Waals surface area contributed by atoms with Gasteiger partial charge in [-0.05, 0) is 0 Å². The maximum absolute atomic E-state index is 11.7. The van der Waals surface area contributed by atoms with Gasteiger partial charge in [0.15, 0.2) is 0 Å². The average Bonchev–Trinajstić information content (AvgIpc) is 2.66. The van der Waals surface area contributed by atoms with E-state index in [9.17, 15) is 9.18 Å². The maximum Gasteiger partial charge on any atom is 0.330 e. The monoisotopic (exact) mass is 382 g/mol. The van der Waals surface area contributed by atoms with Crippen LogP contribution in [-0.2, 0) is 38.0 Å². The fourth-order valence-electron chi connectivity index (χ4n) is 1.52. The molecule has 0 N–H and O–H groups in total. The first-order valence-electron chi connectivity index (χ1n) is 8.63. The van der Waals surface area contributed by atoms with Crippen molar-refractivity contribution in [3.63, 3.8) is 0 Å². The fourth-order valence-corrected chi connectivity index (χ4v) is 1.52. The average molecular weight is 382 g/mol. The largest absolute Gasteiger partial charge is 0.460 e. The molecule has 0 amide bonds. The molecular formula is C17H31FO8. The van der Waals surface area contributed by atoms with Crippen LogP contribution < -0.4 is 0 Å². The van der Waals surface area contributed by atoms with Crippen molar-refractivity contribution in [3.8, 4) is 0 Å². The minimum absolute atomic E-state index is 0.112. The molecule has 0 atom stereocenters. The van der Waals surface area contributed by atoms with Crippen molar-refractivity contribution in [2.24, 2.45) is 0 Å². The predicted molar refractivity (Wildman–Crippen MR) is 92.0 cm³/mol. The molecule has 0 radical (unpaired) electrons. The van der Waals surface area contributed by atoms with Crippen molar-refractivity contribution in [2.75, 3.05) is 92.6 Å². The summed E-state index contributed by atoms with van der Waals surface area (Å²) in [7, 11) is 0. The van der Waals surface area contributed by atoms with Crippen LogP contribution in [-0.4, -0.2) is 98.5 Å². The summed E-state index contributed by atoms with van der Waals surface area (Å²) in [6.45, 7) is 7.99. The van der Waals surface area contributed by atoms with E-state index in [0.717, 1.165) is 6.08 Å². The van der Waals surface area contributed by atoms with E-state index in [1.807, 2.05) is 0 Å². The molecule has 0 aliphatic rings. The smallest absolute Gasteiger partial charge is 0.330 e. The van der Waals surface area contributed by atoms with Crippen LogP contribution in [0.5, 0.6) is 0 Å². The first-order valence-corrected chi connectivity index (χ1v) is 8.63. The Labute approximate surface area is 154 Å². The van der Waals surface area contributed by atoms with Gasteiger partial charge in [0.25, 0.3) is 0 Å². The molecule has 0 rings (SSSR count). The van der Waals surface area contributed by atoms with Crippen LogP contribution in [0.1, 0.15) is 0 Å². The normalized spacial score (nSPS) is 10.8. The van der Waals surface area contributed by atoms with E-state index in [1.54, 1.807) is 0 Å². The first kappa shape index (κ1) is 24.9. The Bertz CT molecular complexity index is 317. The molecular weight excluding hydrogens is 351 g/mol. The summed E-state index contributed by atoms with van der Waals surface area (Å²) in [5, 5.41) is 0. The number of alkyl halides is 1. The summed E-state index contributed by atoms with van der Waals surface area (Å²) in [5.74, 6) is -0.460. The lowest BCUT2D eigenvalue weighted by atomic mass is 10.6. The zero-order valence-corrected chi connectivity index (χ0v) is 15.3. The number of hydrogen-bond donors (Lipinski definition) is 0. The van der Waals surface area contributed by atoms with Crippen LogP contribution in [0.4, 0.5) is 4.39 Å². The van der Waals surface area contributed by atoms with E-state index in [1.165, 1.54) is 0 Å². The number of esters is 1. The summed E-state index contributed by atoms with van der Waals surface area (Å²) in [5.41, 5.74) is 0. The molecule has 0 unspecified atom stereocenters. The van der Waals surface area contributed by atoms with Gasteiger partial charge in [-0.3, -0.25) is 0 Å². The number of rotatable bonds is 21. The molecule has 0 aliphatic carbocycles.